The van der Waals surface area contributed by atoms with E-state index in [0.717, 1.165) is 19.3 Å². The van der Waals surface area contributed by atoms with Crippen molar-refractivity contribution in [3.63, 3.8) is 0 Å². The van der Waals surface area contributed by atoms with E-state index < -0.39 is 6.04 Å². The van der Waals surface area contributed by atoms with Gasteiger partial charge in [0.2, 0.25) is 5.91 Å². The first-order chi connectivity index (χ1) is 10.5. The summed E-state index contributed by atoms with van der Waals surface area (Å²) in [6, 6.07) is 6.25. The second kappa shape index (κ2) is 9.46. The summed E-state index contributed by atoms with van der Waals surface area (Å²) in [5.74, 6) is -0.475. The molecule has 1 aromatic rings. The third-order valence-electron chi connectivity index (χ3n) is 3.43. The average molecular weight is 325 g/mol. The molecule has 0 fully saturated rings. The van der Waals surface area contributed by atoms with Gasteiger partial charge in [0, 0.05) is 6.54 Å². The number of hydrogen-bond acceptors (Lipinski definition) is 2. The summed E-state index contributed by atoms with van der Waals surface area (Å²) in [4.78, 5) is 24.5. The normalized spacial score (nSPS) is 12.0. The molecule has 0 aliphatic heterocycles. The molecule has 0 heterocycles. The van der Waals surface area contributed by atoms with Crippen LogP contribution in [-0.2, 0) is 4.79 Å². The van der Waals surface area contributed by atoms with Crippen molar-refractivity contribution in [2.24, 2.45) is 5.92 Å². The number of nitrogens with one attached hydrogen (secondary N) is 2. The monoisotopic (exact) mass is 324 g/mol. The van der Waals surface area contributed by atoms with E-state index in [2.05, 4.69) is 17.6 Å². The lowest BCUT2D eigenvalue weighted by Crippen LogP contribution is -2.49. The zero-order valence-corrected chi connectivity index (χ0v) is 14.2. The zero-order chi connectivity index (χ0) is 16.5. The van der Waals surface area contributed by atoms with Gasteiger partial charge in [-0.05, 0) is 24.5 Å². The molecule has 2 N–H and O–H groups in total. The van der Waals surface area contributed by atoms with Crippen LogP contribution in [0, 0.1) is 5.92 Å². The van der Waals surface area contributed by atoms with Gasteiger partial charge in [0.1, 0.15) is 6.04 Å². The Hall–Kier alpha value is -1.55. The van der Waals surface area contributed by atoms with E-state index in [-0.39, 0.29) is 17.7 Å². The van der Waals surface area contributed by atoms with E-state index in [1.54, 1.807) is 24.3 Å². The molecule has 1 atom stereocenters. The predicted molar refractivity (Wildman–Crippen MR) is 90.1 cm³/mol. The fraction of sp³-hybridized carbons (Fsp3) is 0.529. The Balaban J connectivity index is 2.66. The molecule has 22 heavy (non-hydrogen) atoms. The van der Waals surface area contributed by atoms with Crippen LogP contribution in [0.5, 0.6) is 0 Å². The number of hydrogen-bond donors (Lipinski definition) is 2. The van der Waals surface area contributed by atoms with Crippen molar-refractivity contribution in [1.82, 2.24) is 10.6 Å². The minimum absolute atomic E-state index is 0.00221. The molecule has 0 saturated heterocycles. The molecule has 122 valence electrons. The number of halogens is 1. The first kappa shape index (κ1) is 18.5. The van der Waals surface area contributed by atoms with Gasteiger partial charge in [0.05, 0.1) is 10.6 Å². The van der Waals surface area contributed by atoms with Crippen molar-refractivity contribution in [2.75, 3.05) is 6.54 Å². The summed E-state index contributed by atoms with van der Waals surface area (Å²) < 4.78 is 0. The summed E-state index contributed by atoms with van der Waals surface area (Å²) in [6.45, 7) is 6.56. The first-order valence-electron chi connectivity index (χ1n) is 7.80. The number of carbonyl (C=O) groups is 2. The van der Waals surface area contributed by atoms with Gasteiger partial charge in [-0.2, -0.15) is 0 Å². The molecule has 2 amide bonds. The van der Waals surface area contributed by atoms with Crippen LogP contribution in [0.2, 0.25) is 5.02 Å². The van der Waals surface area contributed by atoms with Gasteiger partial charge in [-0.1, -0.05) is 57.3 Å². The van der Waals surface area contributed by atoms with Crippen molar-refractivity contribution >= 4 is 23.4 Å². The smallest absolute Gasteiger partial charge is 0.253 e. The summed E-state index contributed by atoms with van der Waals surface area (Å²) in [6.07, 6.45) is 3.14. The minimum Gasteiger partial charge on any atom is -0.354 e. The third-order valence-corrected chi connectivity index (χ3v) is 3.76. The van der Waals surface area contributed by atoms with Gasteiger partial charge in [-0.15, -0.1) is 0 Å². The van der Waals surface area contributed by atoms with Crippen molar-refractivity contribution in [1.29, 1.82) is 0 Å². The van der Waals surface area contributed by atoms with Crippen LogP contribution in [0.25, 0.3) is 0 Å². The molecule has 4 nitrogen and oxygen atoms in total. The summed E-state index contributed by atoms with van der Waals surface area (Å²) >= 11 is 6.02. The Morgan fingerprint density at radius 1 is 1.18 bits per heavy atom. The Morgan fingerprint density at radius 3 is 2.45 bits per heavy atom. The first-order valence-corrected chi connectivity index (χ1v) is 8.18. The molecular formula is C17H25ClN2O2. The average Bonchev–Trinajstić information content (AvgIpc) is 2.49. The highest BCUT2D eigenvalue weighted by molar-refractivity contribution is 6.33. The van der Waals surface area contributed by atoms with Crippen LogP contribution in [-0.4, -0.2) is 24.4 Å². The lowest BCUT2D eigenvalue weighted by Gasteiger charge is -2.22. The molecular weight excluding hydrogens is 300 g/mol. The van der Waals surface area contributed by atoms with Crippen LogP contribution in [0.3, 0.4) is 0 Å². The maximum absolute atomic E-state index is 12.3. The predicted octanol–water partition coefficient (Wildman–Crippen LogP) is 3.40. The van der Waals surface area contributed by atoms with Crippen LogP contribution >= 0.6 is 11.6 Å². The van der Waals surface area contributed by atoms with E-state index in [1.807, 2.05) is 13.8 Å². The number of unbranched alkanes of at least 4 members (excludes halogenated alkanes) is 2. The van der Waals surface area contributed by atoms with E-state index in [9.17, 15) is 9.59 Å². The summed E-state index contributed by atoms with van der Waals surface area (Å²) in [5.41, 5.74) is 0.383. The van der Waals surface area contributed by atoms with Gasteiger partial charge in [0.15, 0.2) is 0 Å². The van der Waals surface area contributed by atoms with Gasteiger partial charge < -0.3 is 10.6 Å². The van der Waals surface area contributed by atoms with E-state index in [4.69, 9.17) is 11.6 Å². The molecule has 0 radical (unpaired) electrons. The van der Waals surface area contributed by atoms with Crippen LogP contribution in [0.15, 0.2) is 24.3 Å². The van der Waals surface area contributed by atoms with Crippen molar-refractivity contribution in [2.45, 2.75) is 46.1 Å². The number of benzene rings is 1. The third kappa shape index (κ3) is 5.68. The van der Waals surface area contributed by atoms with E-state index >= 15 is 0 Å². The largest absolute Gasteiger partial charge is 0.354 e. The highest BCUT2D eigenvalue weighted by Gasteiger charge is 2.24. The standard InChI is InChI=1S/C17H25ClN2O2/c1-4-5-8-11-19-17(22)15(12(2)3)20-16(21)13-9-6-7-10-14(13)18/h6-7,9-10,12,15H,4-5,8,11H2,1-3H3,(H,19,22)(H,20,21)/t15-/m0/s1. The fourth-order valence-corrected chi connectivity index (χ4v) is 2.32. The maximum atomic E-state index is 12.3. The highest BCUT2D eigenvalue weighted by Crippen LogP contribution is 2.15. The van der Waals surface area contributed by atoms with Gasteiger partial charge in [0.25, 0.3) is 5.91 Å². The lowest BCUT2D eigenvalue weighted by molar-refractivity contribution is -0.123. The molecule has 0 unspecified atom stereocenters. The molecule has 1 rings (SSSR count). The van der Waals surface area contributed by atoms with Crippen molar-refractivity contribution in [3.8, 4) is 0 Å². The molecule has 0 bridgehead atoms. The Bertz CT molecular complexity index is 503. The second-order valence-corrected chi connectivity index (χ2v) is 6.08. The molecule has 0 saturated carbocycles. The van der Waals surface area contributed by atoms with Crippen molar-refractivity contribution < 1.29 is 9.59 Å². The number of rotatable bonds is 8. The molecule has 0 aliphatic carbocycles. The van der Waals surface area contributed by atoms with Crippen LogP contribution in [0.1, 0.15) is 50.4 Å². The molecule has 1 aromatic carbocycles. The molecule has 0 spiro atoms. The highest BCUT2D eigenvalue weighted by atomic mass is 35.5. The van der Waals surface area contributed by atoms with E-state index in [0.29, 0.717) is 17.1 Å². The molecule has 0 aromatic heterocycles. The van der Waals surface area contributed by atoms with Crippen LogP contribution in [0.4, 0.5) is 0 Å². The Morgan fingerprint density at radius 2 is 1.86 bits per heavy atom. The second-order valence-electron chi connectivity index (χ2n) is 5.67. The van der Waals surface area contributed by atoms with Gasteiger partial charge in [-0.3, -0.25) is 9.59 Å². The van der Waals surface area contributed by atoms with Gasteiger partial charge >= 0.3 is 0 Å². The molecule has 5 heteroatoms. The summed E-state index contributed by atoms with van der Waals surface area (Å²) in [7, 11) is 0. The van der Waals surface area contributed by atoms with E-state index in [1.165, 1.54) is 0 Å². The Labute approximate surface area is 137 Å². The lowest BCUT2D eigenvalue weighted by atomic mass is 10.0. The Kier molecular flexibility index (Phi) is 7.96. The topological polar surface area (TPSA) is 58.2 Å². The quantitative estimate of drug-likeness (QED) is 0.720. The van der Waals surface area contributed by atoms with Crippen LogP contribution < -0.4 is 10.6 Å². The number of carbonyl (C=O) groups excluding carboxylic acids is 2. The number of amides is 2. The SMILES string of the molecule is CCCCCNC(=O)[C@@H](NC(=O)c1ccccc1Cl)C(C)C. The maximum Gasteiger partial charge on any atom is 0.253 e. The van der Waals surface area contributed by atoms with Gasteiger partial charge in [-0.25, -0.2) is 0 Å². The summed E-state index contributed by atoms with van der Waals surface area (Å²) in [5, 5.41) is 6.04. The zero-order valence-electron chi connectivity index (χ0n) is 13.5. The minimum atomic E-state index is -0.564. The fourth-order valence-electron chi connectivity index (χ4n) is 2.10. The molecule has 0 aliphatic rings. The van der Waals surface area contributed by atoms with Crippen molar-refractivity contribution in [3.05, 3.63) is 34.9 Å².